The number of nitrogens with zero attached hydrogens (tertiary/aromatic N) is 2. The van der Waals surface area contributed by atoms with E-state index < -0.39 is 16.9 Å². The lowest BCUT2D eigenvalue weighted by molar-refractivity contribution is -0.152. The smallest absolute Gasteiger partial charge is 0.395 e. The van der Waals surface area contributed by atoms with Crippen LogP contribution in [0.3, 0.4) is 0 Å². The van der Waals surface area contributed by atoms with Gasteiger partial charge in [0.05, 0.1) is 0 Å². The van der Waals surface area contributed by atoms with Crippen LogP contribution in [0.25, 0.3) is 0 Å². The normalized spacial score (nSPS) is 16.4. The standard InChI is InChI=1S/C7H7F2N3O3S/c8-7(9,4(13)14)16-6-11-10-5(15)12(6)3-1-2-3/h3H,1-2H2,(H,10,15)(H,13,14). The molecule has 1 aliphatic rings. The van der Waals surface area contributed by atoms with Crippen molar-refractivity contribution >= 4 is 17.7 Å². The van der Waals surface area contributed by atoms with E-state index in [0.717, 1.165) is 4.57 Å². The number of alkyl halides is 2. The topological polar surface area (TPSA) is 88.0 Å². The first-order chi connectivity index (χ1) is 7.42. The van der Waals surface area contributed by atoms with E-state index in [1.807, 2.05) is 5.10 Å². The molecule has 0 saturated heterocycles. The van der Waals surface area contributed by atoms with Gasteiger partial charge in [-0.2, -0.15) is 8.78 Å². The van der Waals surface area contributed by atoms with Crippen LogP contribution in [-0.4, -0.2) is 31.1 Å². The molecular formula is C7H7F2N3O3S. The van der Waals surface area contributed by atoms with Crippen LogP contribution < -0.4 is 5.69 Å². The molecule has 6 nitrogen and oxygen atoms in total. The van der Waals surface area contributed by atoms with Crippen molar-refractivity contribution in [2.24, 2.45) is 0 Å². The second-order valence-electron chi connectivity index (χ2n) is 3.34. The molecule has 16 heavy (non-hydrogen) atoms. The molecule has 0 aromatic carbocycles. The second-order valence-corrected chi connectivity index (χ2v) is 4.42. The third kappa shape index (κ3) is 1.94. The summed E-state index contributed by atoms with van der Waals surface area (Å²) in [7, 11) is 0. The molecule has 2 rings (SSSR count). The van der Waals surface area contributed by atoms with Gasteiger partial charge in [-0.05, 0) is 12.8 Å². The van der Waals surface area contributed by atoms with Crippen molar-refractivity contribution in [3.8, 4) is 0 Å². The van der Waals surface area contributed by atoms with E-state index in [-0.39, 0.29) is 23.0 Å². The van der Waals surface area contributed by atoms with Gasteiger partial charge in [0, 0.05) is 17.8 Å². The van der Waals surface area contributed by atoms with Gasteiger partial charge in [0.25, 0.3) is 0 Å². The number of aliphatic carboxylic acids is 1. The number of carboxylic acids is 1. The molecule has 88 valence electrons. The van der Waals surface area contributed by atoms with E-state index in [1.54, 1.807) is 0 Å². The summed E-state index contributed by atoms with van der Waals surface area (Å²) >= 11 is -0.243. The summed E-state index contributed by atoms with van der Waals surface area (Å²) in [5, 5.41) is 9.40. The number of aromatic amines is 1. The van der Waals surface area contributed by atoms with Crippen LogP contribution in [0.2, 0.25) is 0 Å². The number of hydrogen-bond acceptors (Lipinski definition) is 4. The minimum Gasteiger partial charge on any atom is -0.476 e. The van der Waals surface area contributed by atoms with Gasteiger partial charge in [0.15, 0.2) is 5.16 Å². The van der Waals surface area contributed by atoms with Crippen molar-refractivity contribution in [2.45, 2.75) is 29.3 Å². The van der Waals surface area contributed by atoms with Gasteiger partial charge in [-0.1, -0.05) is 0 Å². The van der Waals surface area contributed by atoms with E-state index in [9.17, 15) is 18.4 Å². The van der Waals surface area contributed by atoms with Crippen LogP contribution in [0.1, 0.15) is 18.9 Å². The summed E-state index contributed by atoms with van der Waals surface area (Å²) in [5.74, 6) is -2.25. The number of carbonyl (C=O) groups is 1. The molecular weight excluding hydrogens is 244 g/mol. The fourth-order valence-corrected chi connectivity index (χ4v) is 1.91. The number of nitrogens with one attached hydrogen (secondary N) is 1. The highest BCUT2D eigenvalue weighted by molar-refractivity contribution is 8.00. The Morgan fingerprint density at radius 3 is 2.75 bits per heavy atom. The van der Waals surface area contributed by atoms with E-state index in [2.05, 4.69) is 5.10 Å². The Morgan fingerprint density at radius 1 is 1.62 bits per heavy atom. The maximum atomic E-state index is 12.9. The Kier molecular flexibility index (Phi) is 2.49. The fraction of sp³-hybridized carbons (Fsp3) is 0.571. The van der Waals surface area contributed by atoms with Crippen LogP contribution in [0.5, 0.6) is 0 Å². The Labute approximate surface area is 91.6 Å². The average Bonchev–Trinajstić information content (AvgIpc) is 2.93. The number of halogens is 2. The summed E-state index contributed by atoms with van der Waals surface area (Å²) in [6.07, 6.45) is 1.43. The molecule has 1 saturated carbocycles. The number of hydrogen-bond donors (Lipinski definition) is 2. The first kappa shape index (κ1) is 11.1. The SMILES string of the molecule is O=C(O)C(F)(F)Sc1n[nH]c(=O)n1C1CC1. The van der Waals surface area contributed by atoms with Gasteiger partial charge in [-0.15, -0.1) is 5.10 Å². The third-order valence-corrected chi connectivity index (χ3v) is 2.95. The zero-order valence-electron chi connectivity index (χ0n) is 7.81. The second kappa shape index (κ2) is 3.58. The summed E-state index contributed by atoms with van der Waals surface area (Å²) < 4.78 is 26.9. The van der Waals surface area contributed by atoms with E-state index in [1.165, 1.54) is 0 Å². The molecule has 1 fully saturated rings. The molecule has 0 atom stereocenters. The molecule has 9 heteroatoms. The fourth-order valence-electron chi connectivity index (χ4n) is 1.18. The molecule has 0 aliphatic heterocycles. The minimum atomic E-state index is -3.99. The Bertz CT molecular complexity index is 479. The lowest BCUT2D eigenvalue weighted by Gasteiger charge is -2.09. The highest BCUT2D eigenvalue weighted by atomic mass is 32.2. The van der Waals surface area contributed by atoms with E-state index in [4.69, 9.17) is 5.11 Å². The Morgan fingerprint density at radius 2 is 2.25 bits per heavy atom. The van der Waals surface area contributed by atoms with Crippen molar-refractivity contribution in [2.75, 3.05) is 0 Å². The number of carboxylic acid groups (broad SMARTS) is 1. The van der Waals surface area contributed by atoms with Crippen molar-refractivity contribution < 1.29 is 18.7 Å². The summed E-state index contributed by atoms with van der Waals surface area (Å²) in [5.41, 5.74) is -0.591. The number of thioether (sulfide) groups is 1. The van der Waals surface area contributed by atoms with Gasteiger partial charge in [-0.3, -0.25) is 4.57 Å². The molecule has 0 spiro atoms. The van der Waals surface area contributed by atoms with Gasteiger partial charge >= 0.3 is 16.9 Å². The summed E-state index contributed by atoms with van der Waals surface area (Å²) in [6.45, 7) is 0. The lowest BCUT2D eigenvalue weighted by Crippen LogP contribution is -2.25. The number of H-pyrrole nitrogens is 1. The molecule has 0 amide bonds. The average molecular weight is 251 g/mol. The van der Waals surface area contributed by atoms with Gasteiger partial charge in [0.1, 0.15) is 0 Å². The van der Waals surface area contributed by atoms with Crippen molar-refractivity contribution in [3.63, 3.8) is 0 Å². The van der Waals surface area contributed by atoms with E-state index in [0.29, 0.717) is 12.8 Å². The molecule has 0 bridgehead atoms. The molecule has 0 radical (unpaired) electrons. The van der Waals surface area contributed by atoms with Crippen LogP contribution >= 0.6 is 11.8 Å². The molecule has 1 aromatic rings. The Balaban J connectivity index is 2.28. The largest absolute Gasteiger partial charge is 0.476 e. The number of aromatic nitrogens is 3. The highest BCUT2D eigenvalue weighted by Gasteiger charge is 2.43. The molecule has 1 heterocycles. The first-order valence-electron chi connectivity index (χ1n) is 4.39. The van der Waals surface area contributed by atoms with E-state index >= 15 is 0 Å². The van der Waals surface area contributed by atoms with Gasteiger partial charge < -0.3 is 5.11 Å². The maximum absolute atomic E-state index is 12.9. The van der Waals surface area contributed by atoms with Gasteiger partial charge in [-0.25, -0.2) is 14.7 Å². The molecule has 0 unspecified atom stereocenters. The Hall–Kier alpha value is -1.38. The van der Waals surface area contributed by atoms with Crippen molar-refractivity contribution in [1.29, 1.82) is 0 Å². The summed E-state index contributed by atoms with van der Waals surface area (Å²) in [6, 6.07) is -0.140. The molecule has 1 aliphatic carbocycles. The highest BCUT2D eigenvalue weighted by Crippen LogP contribution is 2.40. The molecule has 2 N–H and O–H groups in total. The predicted molar refractivity (Wildman–Crippen MR) is 49.6 cm³/mol. The minimum absolute atomic E-state index is 0.140. The lowest BCUT2D eigenvalue weighted by atomic mass is 10.7. The van der Waals surface area contributed by atoms with Crippen LogP contribution in [0.4, 0.5) is 8.78 Å². The zero-order chi connectivity index (χ0) is 11.9. The third-order valence-electron chi connectivity index (χ3n) is 2.05. The molecule has 1 aromatic heterocycles. The van der Waals surface area contributed by atoms with Crippen molar-refractivity contribution in [3.05, 3.63) is 10.5 Å². The quantitative estimate of drug-likeness (QED) is 0.768. The van der Waals surface area contributed by atoms with Crippen LogP contribution in [0.15, 0.2) is 9.95 Å². The van der Waals surface area contributed by atoms with Crippen molar-refractivity contribution in [1.82, 2.24) is 14.8 Å². The predicted octanol–water partition coefficient (Wildman–Crippen LogP) is 0.676. The van der Waals surface area contributed by atoms with Crippen LogP contribution in [0, 0.1) is 0 Å². The maximum Gasteiger partial charge on any atom is 0.395 e. The van der Waals surface area contributed by atoms with Crippen LogP contribution in [-0.2, 0) is 4.79 Å². The zero-order valence-corrected chi connectivity index (χ0v) is 8.63. The van der Waals surface area contributed by atoms with Gasteiger partial charge in [0.2, 0.25) is 0 Å². The summed E-state index contributed by atoms with van der Waals surface area (Å²) in [4.78, 5) is 21.4. The first-order valence-corrected chi connectivity index (χ1v) is 5.20. The monoisotopic (exact) mass is 251 g/mol. The number of rotatable bonds is 4.